The minimum absolute atomic E-state index is 0. The monoisotopic (exact) mass is 281 g/mol. The van der Waals surface area contributed by atoms with Crippen LogP contribution in [0.2, 0.25) is 6.04 Å². The molecule has 100 valence electrons. The van der Waals surface area contributed by atoms with Crippen LogP contribution in [0.15, 0.2) is 0 Å². The summed E-state index contributed by atoms with van der Waals surface area (Å²) in [5.74, 6) is -0.241. The largest absolute Gasteiger partial charge is 1.00 e. The molecule has 0 atom stereocenters. The summed E-state index contributed by atoms with van der Waals surface area (Å²) in [4.78, 5) is 26.0. The number of rotatable bonds is 9. The van der Waals surface area contributed by atoms with Crippen LogP contribution in [0, 0.1) is 0 Å². The van der Waals surface area contributed by atoms with Crippen molar-refractivity contribution in [2.45, 2.75) is 25.3 Å². The van der Waals surface area contributed by atoms with Crippen molar-refractivity contribution in [1.29, 1.82) is 0 Å². The van der Waals surface area contributed by atoms with Gasteiger partial charge in [0.15, 0.2) is 0 Å². The van der Waals surface area contributed by atoms with Gasteiger partial charge in [-0.05, 0) is 32.4 Å². The zero-order chi connectivity index (χ0) is 12.7. The van der Waals surface area contributed by atoms with Crippen molar-refractivity contribution >= 4 is 18.9 Å². The predicted octanol–water partition coefficient (Wildman–Crippen LogP) is -4.33. The van der Waals surface area contributed by atoms with Crippen molar-refractivity contribution in [1.82, 2.24) is 5.32 Å². The van der Waals surface area contributed by atoms with Crippen LogP contribution < -0.4 is 24.2 Å². The van der Waals surface area contributed by atoms with Crippen LogP contribution in [0.5, 0.6) is 0 Å². The Labute approximate surface area is 116 Å². The molecule has 0 amide bonds. The molecule has 0 aliphatic heterocycles. The Morgan fingerprint density at radius 3 is 2.06 bits per heavy atom. The fourth-order valence-electron chi connectivity index (χ4n) is 1.11. The second-order valence-electron chi connectivity index (χ2n) is 3.62. The molecule has 0 rings (SSSR count). The van der Waals surface area contributed by atoms with Gasteiger partial charge < -0.3 is 21.1 Å². The number of hydrogen-bond donors (Lipinski definition) is 5. The van der Waals surface area contributed by atoms with Gasteiger partial charge in [-0.25, -0.2) is 0 Å². The maximum Gasteiger partial charge on any atom is 1.00 e. The molecule has 0 aromatic carbocycles. The van der Waals surface area contributed by atoms with Crippen molar-refractivity contribution in [2.24, 2.45) is 0 Å². The van der Waals surface area contributed by atoms with E-state index in [0.29, 0.717) is 32.4 Å². The first kappa shape index (κ1) is 19.9. The Bertz CT molecular complexity index is 286. The van der Waals surface area contributed by atoms with E-state index in [1.807, 2.05) is 0 Å². The summed E-state index contributed by atoms with van der Waals surface area (Å²) < 4.78 is 29.1. The molecule has 0 saturated heterocycles. The minimum Gasteiger partial charge on any atom is -1.00 e. The summed E-state index contributed by atoms with van der Waals surface area (Å²) in [6.45, 7) is 1.12. The van der Waals surface area contributed by atoms with Gasteiger partial charge in [0.1, 0.15) is 0 Å². The Hall–Kier alpha value is 0.564. The molecule has 0 fully saturated rings. The molecule has 7 nitrogen and oxygen atoms in total. The predicted molar refractivity (Wildman–Crippen MR) is 61.5 cm³/mol. The van der Waals surface area contributed by atoms with E-state index < -0.39 is 18.9 Å². The molecule has 0 aliphatic carbocycles. The van der Waals surface area contributed by atoms with Crippen molar-refractivity contribution in [3.05, 3.63) is 0 Å². The average molecular weight is 281 g/mol. The van der Waals surface area contributed by atoms with Gasteiger partial charge in [-0.15, -0.1) is 0 Å². The van der Waals surface area contributed by atoms with Crippen LogP contribution in [0.4, 0.5) is 0 Å². The van der Waals surface area contributed by atoms with E-state index in [9.17, 15) is 8.42 Å². The van der Waals surface area contributed by atoms with Gasteiger partial charge in [0.2, 0.25) is 0 Å². The molecule has 0 saturated carbocycles. The zero-order valence-electron chi connectivity index (χ0n) is 11.0. The standard InChI is InChI=1S/C7H19NO6SSi.Li.H/c9-15(10,11)6-2-1-4-8-5-3-7-16(12,13)14;;/h8,12-14H,1-7H2,(H,9,10,11);;/q;+1;-1. The van der Waals surface area contributed by atoms with Crippen LogP contribution in [0.1, 0.15) is 20.7 Å². The third kappa shape index (κ3) is 19.1. The summed E-state index contributed by atoms with van der Waals surface area (Å²) in [5.41, 5.74) is 0. The summed E-state index contributed by atoms with van der Waals surface area (Å²) in [6, 6.07) is -0.00891. The van der Waals surface area contributed by atoms with E-state index in [-0.39, 0.29) is 32.1 Å². The van der Waals surface area contributed by atoms with Crippen LogP contribution in [-0.4, -0.2) is 55.0 Å². The van der Waals surface area contributed by atoms with Gasteiger partial charge in [0.25, 0.3) is 10.1 Å². The first-order chi connectivity index (χ1) is 7.21. The smallest absolute Gasteiger partial charge is 1.00 e. The second kappa shape index (κ2) is 9.49. The van der Waals surface area contributed by atoms with E-state index in [1.54, 1.807) is 0 Å². The first-order valence-corrected chi connectivity index (χ1v) is 8.69. The third-order valence-electron chi connectivity index (χ3n) is 1.87. The van der Waals surface area contributed by atoms with Crippen LogP contribution in [0.3, 0.4) is 0 Å². The Balaban J connectivity index is -0.00000112. The molecular formula is C7H20LiNO6SSi. The van der Waals surface area contributed by atoms with E-state index in [4.69, 9.17) is 18.9 Å². The van der Waals surface area contributed by atoms with Gasteiger partial charge in [-0.1, -0.05) is 0 Å². The molecule has 0 aliphatic rings. The van der Waals surface area contributed by atoms with Crippen molar-refractivity contribution in [3.8, 4) is 0 Å². The Kier molecular flexibility index (Phi) is 11.1. The molecule has 5 N–H and O–H groups in total. The van der Waals surface area contributed by atoms with E-state index in [0.717, 1.165) is 0 Å². The van der Waals surface area contributed by atoms with Crippen molar-refractivity contribution < 1.29 is 47.6 Å². The number of hydrogen-bond acceptors (Lipinski definition) is 6. The molecule has 0 aromatic heterocycles. The second-order valence-corrected chi connectivity index (χ2v) is 7.24. The topological polar surface area (TPSA) is 127 Å². The fourth-order valence-corrected chi connectivity index (χ4v) is 2.33. The summed E-state index contributed by atoms with van der Waals surface area (Å²) in [7, 11) is -7.77. The number of nitrogens with one attached hydrogen (secondary N) is 1. The first-order valence-electron chi connectivity index (χ1n) is 5.04. The molecule has 10 heteroatoms. The fraction of sp³-hybridized carbons (Fsp3) is 1.00. The summed E-state index contributed by atoms with van der Waals surface area (Å²) in [5, 5.41) is 2.96. The molecular weight excluding hydrogens is 261 g/mol. The maximum absolute atomic E-state index is 10.3. The number of unbranched alkanes of at least 4 members (excludes halogenated alkanes) is 1. The van der Waals surface area contributed by atoms with E-state index in [2.05, 4.69) is 5.32 Å². The maximum atomic E-state index is 10.3. The third-order valence-corrected chi connectivity index (χ3v) is 3.70. The average Bonchev–Trinajstić information content (AvgIpc) is 2.06. The molecule has 17 heavy (non-hydrogen) atoms. The van der Waals surface area contributed by atoms with Gasteiger partial charge in [0, 0.05) is 6.04 Å². The van der Waals surface area contributed by atoms with Crippen molar-refractivity contribution in [2.75, 3.05) is 18.8 Å². The van der Waals surface area contributed by atoms with Crippen LogP contribution >= 0.6 is 0 Å². The Morgan fingerprint density at radius 2 is 1.59 bits per heavy atom. The SMILES string of the molecule is O=S(=O)(O)CCCCNCCC[Si](O)(O)O.[H-].[Li+]. The van der Waals surface area contributed by atoms with Gasteiger partial charge in [0.05, 0.1) is 5.75 Å². The van der Waals surface area contributed by atoms with Gasteiger partial charge >= 0.3 is 27.7 Å². The summed E-state index contributed by atoms with van der Waals surface area (Å²) in [6.07, 6.45) is 1.44. The zero-order valence-corrected chi connectivity index (χ0v) is 11.8. The van der Waals surface area contributed by atoms with Gasteiger partial charge in [-0.2, -0.15) is 8.42 Å². The van der Waals surface area contributed by atoms with Crippen LogP contribution in [-0.2, 0) is 10.1 Å². The van der Waals surface area contributed by atoms with Gasteiger partial charge in [-0.3, -0.25) is 4.55 Å². The van der Waals surface area contributed by atoms with Crippen molar-refractivity contribution in [3.63, 3.8) is 0 Å². The Morgan fingerprint density at radius 1 is 1.06 bits per heavy atom. The van der Waals surface area contributed by atoms with E-state index >= 15 is 0 Å². The molecule has 0 unspecified atom stereocenters. The molecule has 0 radical (unpaired) electrons. The molecule has 0 heterocycles. The minimum atomic E-state index is -3.91. The molecule has 0 spiro atoms. The quantitative estimate of drug-likeness (QED) is 0.164. The molecule has 0 aromatic rings. The summed E-state index contributed by atoms with van der Waals surface area (Å²) >= 11 is 0. The normalized spacial score (nSPS) is 12.2. The van der Waals surface area contributed by atoms with Crippen LogP contribution in [0.25, 0.3) is 0 Å². The molecule has 0 bridgehead atoms. The van der Waals surface area contributed by atoms with E-state index in [1.165, 1.54) is 0 Å².